The maximum atomic E-state index is 13.6. The summed E-state index contributed by atoms with van der Waals surface area (Å²) in [5.74, 6) is -1.15. The van der Waals surface area contributed by atoms with Crippen LogP contribution in [-0.2, 0) is 16.0 Å². The minimum Gasteiger partial charge on any atom is -0.496 e. The van der Waals surface area contributed by atoms with Gasteiger partial charge in [0.05, 0.1) is 11.8 Å². The van der Waals surface area contributed by atoms with Gasteiger partial charge < -0.3 is 4.74 Å². The first-order valence-corrected chi connectivity index (χ1v) is 6.63. The van der Waals surface area contributed by atoms with Gasteiger partial charge in [-0.05, 0) is 5.56 Å². The van der Waals surface area contributed by atoms with Crippen molar-refractivity contribution in [3.8, 4) is 0 Å². The Bertz CT molecular complexity index is 615. The van der Waals surface area contributed by atoms with E-state index in [1.54, 1.807) is 0 Å². The predicted octanol–water partition coefficient (Wildman–Crippen LogP) is 3.95. The molecule has 0 spiro atoms. The number of ketones is 1. The number of carbonyl (C=O) groups is 1. The lowest BCUT2D eigenvalue weighted by atomic mass is 10.00. The van der Waals surface area contributed by atoms with Crippen LogP contribution in [0.2, 0.25) is 0 Å². The number of carbonyl (C=O) groups excluding carboxylic acids is 1. The maximum absolute atomic E-state index is 13.6. The number of hydrogen-bond donors (Lipinski definition) is 0. The number of ether oxygens (including phenoxy) is 1. The monoisotopic (exact) mass is 299 g/mol. The Morgan fingerprint density at radius 1 is 1.27 bits per heavy atom. The van der Waals surface area contributed by atoms with Gasteiger partial charge in [0.1, 0.15) is 18.1 Å². The summed E-state index contributed by atoms with van der Waals surface area (Å²) in [6.45, 7) is 10.3. The van der Waals surface area contributed by atoms with Crippen LogP contribution in [0.15, 0.2) is 85.0 Å². The number of aliphatic imine (C=N–C) groups is 1. The van der Waals surface area contributed by atoms with E-state index in [4.69, 9.17) is 4.74 Å². The molecule has 0 fully saturated rings. The van der Waals surface area contributed by atoms with Gasteiger partial charge in [-0.15, -0.1) is 0 Å². The Labute approximate surface area is 129 Å². The molecule has 1 aromatic carbocycles. The average Bonchev–Trinajstić information content (AvgIpc) is 2.50. The number of benzene rings is 1. The van der Waals surface area contributed by atoms with E-state index in [9.17, 15) is 9.18 Å². The van der Waals surface area contributed by atoms with E-state index < -0.39 is 5.83 Å². The van der Waals surface area contributed by atoms with Gasteiger partial charge in [0.2, 0.25) is 0 Å². The Kier molecular flexibility index (Phi) is 7.26. The zero-order chi connectivity index (χ0) is 16.4. The quantitative estimate of drug-likeness (QED) is 0.228. The third-order valence-corrected chi connectivity index (χ3v) is 2.66. The molecule has 3 nitrogen and oxygen atoms in total. The van der Waals surface area contributed by atoms with E-state index in [0.29, 0.717) is 0 Å². The molecule has 1 rings (SSSR count). The lowest BCUT2D eigenvalue weighted by Gasteiger charge is -2.08. The Morgan fingerprint density at radius 3 is 2.50 bits per heavy atom. The number of allylic oxidation sites excluding steroid dienone is 2. The summed E-state index contributed by atoms with van der Waals surface area (Å²) in [6, 6.07) is 9.13. The molecule has 4 heteroatoms. The second-order valence-corrected chi connectivity index (χ2v) is 4.30. The average molecular weight is 299 g/mol. The summed E-state index contributed by atoms with van der Waals surface area (Å²) in [7, 11) is 0. The molecule has 22 heavy (non-hydrogen) atoms. The van der Waals surface area contributed by atoms with Gasteiger partial charge in [-0.2, -0.15) is 0 Å². The summed E-state index contributed by atoms with van der Waals surface area (Å²) >= 11 is 0. The summed E-state index contributed by atoms with van der Waals surface area (Å²) < 4.78 is 18.7. The standard InChI is InChI=1S/C18H18FNO2/c1-4-11-22-13-16(18(14(3)19)20-5-2)17(21)12-15-9-7-6-8-10-15/h4-10,13H,1-3,11-12H2/b16-13+,20-18?. The highest BCUT2D eigenvalue weighted by atomic mass is 19.1. The molecule has 0 aliphatic carbocycles. The largest absolute Gasteiger partial charge is 0.496 e. The smallest absolute Gasteiger partial charge is 0.172 e. The van der Waals surface area contributed by atoms with Gasteiger partial charge in [-0.3, -0.25) is 9.79 Å². The van der Waals surface area contributed by atoms with Crippen molar-refractivity contribution in [1.29, 1.82) is 0 Å². The van der Waals surface area contributed by atoms with E-state index in [1.807, 2.05) is 30.3 Å². The van der Waals surface area contributed by atoms with Gasteiger partial charge in [0.25, 0.3) is 0 Å². The Balaban J connectivity index is 3.08. The molecular weight excluding hydrogens is 281 g/mol. The lowest BCUT2D eigenvalue weighted by molar-refractivity contribution is -0.114. The van der Waals surface area contributed by atoms with Crippen molar-refractivity contribution < 1.29 is 13.9 Å². The van der Waals surface area contributed by atoms with Crippen LogP contribution in [0.4, 0.5) is 4.39 Å². The number of nitrogens with zero attached hydrogens (tertiary/aromatic N) is 1. The molecule has 0 amide bonds. The fourth-order valence-corrected chi connectivity index (χ4v) is 1.71. The highest BCUT2D eigenvalue weighted by Crippen LogP contribution is 2.14. The summed E-state index contributed by atoms with van der Waals surface area (Å²) in [5, 5.41) is 0. The minimum absolute atomic E-state index is 0.0121. The molecular formula is C18H18FNO2. The first-order chi connectivity index (χ1) is 10.6. The van der Waals surface area contributed by atoms with Crippen molar-refractivity contribution in [2.24, 2.45) is 4.99 Å². The molecule has 0 aromatic heterocycles. The highest BCUT2D eigenvalue weighted by molar-refractivity contribution is 6.27. The Hall–Kier alpha value is -2.75. The van der Waals surface area contributed by atoms with Crippen LogP contribution >= 0.6 is 0 Å². The number of Topliss-reactive ketones (excluding diaryl/α,β-unsaturated/α-hetero) is 1. The molecule has 114 valence electrons. The molecule has 0 radical (unpaired) electrons. The van der Waals surface area contributed by atoms with Crippen molar-refractivity contribution in [1.82, 2.24) is 0 Å². The molecule has 0 bridgehead atoms. The molecule has 0 saturated heterocycles. The van der Waals surface area contributed by atoms with Gasteiger partial charge >= 0.3 is 0 Å². The molecule has 0 heterocycles. The summed E-state index contributed by atoms with van der Waals surface area (Å²) in [6.07, 6.45) is 3.95. The van der Waals surface area contributed by atoms with Crippen molar-refractivity contribution in [2.75, 3.05) is 6.61 Å². The summed E-state index contributed by atoms with van der Waals surface area (Å²) in [5.41, 5.74) is 0.641. The van der Waals surface area contributed by atoms with Crippen LogP contribution < -0.4 is 0 Å². The first-order valence-electron chi connectivity index (χ1n) is 6.63. The SMILES string of the molecule is C=CCO/C=C(\C(=O)Cc1ccccc1)C(=NC=C)C(=C)F. The fourth-order valence-electron chi connectivity index (χ4n) is 1.71. The number of hydrogen-bond acceptors (Lipinski definition) is 3. The van der Waals surface area contributed by atoms with Gasteiger partial charge in [0.15, 0.2) is 5.78 Å². The molecule has 0 N–H and O–H groups in total. The van der Waals surface area contributed by atoms with Crippen LogP contribution in [0.3, 0.4) is 0 Å². The second kappa shape index (κ2) is 9.23. The molecule has 0 atom stereocenters. The van der Waals surface area contributed by atoms with Crippen LogP contribution in [0.5, 0.6) is 0 Å². The van der Waals surface area contributed by atoms with Crippen LogP contribution in [-0.4, -0.2) is 18.1 Å². The second-order valence-electron chi connectivity index (χ2n) is 4.30. The van der Waals surface area contributed by atoms with E-state index in [-0.39, 0.29) is 30.1 Å². The number of rotatable bonds is 9. The van der Waals surface area contributed by atoms with Crippen molar-refractivity contribution in [2.45, 2.75) is 6.42 Å². The zero-order valence-electron chi connectivity index (χ0n) is 12.3. The highest BCUT2D eigenvalue weighted by Gasteiger charge is 2.19. The van der Waals surface area contributed by atoms with Crippen LogP contribution in [0.25, 0.3) is 0 Å². The van der Waals surface area contributed by atoms with Crippen molar-refractivity contribution >= 4 is 11.5 Å². The normalized spacial score (nSPS) is 11.7. The molecule has 0 unspecified atom stereocenters. The van der Waals surface area contributed by atoms with Crippen molar-refractivity contribution in [3.63, 3.8) is 0 Å². The van der Waals surface area contributed by atoms with Gasteiger partial charge in [0, 0.05) is 12.6 Å². The molecule has 0 saturated carbocycles. The fraction of sp³-hybridized carbons (Fsp3) is 0.111. The molecule has 0 aliphatic heterocycles. The first kappa shape index (κ1) is 17.3. The van der Waals surface area contributed by atoms with E-state index >= 15 is 0 Å². The van der Waals surface area contributed by atoms with Crippen LogP contribution in [0.1, 0.15) is 5.56 Å². The Morgan fingerprint density at radius 2 is 1.95 bits per heavy atom. The van der Waals surface area contributed by atoms with Crippen molar-refractivity contribution in [3.05, 3.63) is 85.6 Å². The third-order valence-electron chi connectivity index (χ3n) is 2.66. The minimum atomic E-state index is -0.824. The van der Waals surface area contributed by atoms with E-state index in [1.165, 1.54) is 12.3 Å². The van der Waals surface area contributed by atoms with Crippen LogP contribution in [0, 0.1) is 0 Å². The topological polar surface area (TPSA) is 38.7 Å². The van der Waals surface area contributed by atoms with Gasteiger partial charge in [-0.25, -0.2) is 4.39 Å². The van der Waals surface area contributed by atoms with Gasteiger partial charge in [-0.1, -0.05) is 56.1 Å². The molecule has 1 aromatic rings. The van der Waals surface area contributed by atoms with E-state index in [0.717, 1.165) is 11.8 Å². The summed E-state index contributed by atoms with van der Waals surface area (Å²) in [4.78, 5) is 16.2. The number of halogens is 1. The molecule has 0 aliphatic rings. The predicted molar refractivity (Wildman–Crippen MR) is 87.3 cm³/mol. The zero-order valence-corrected chi connectivity index (χ0v) is 12.3. The third kappa shape index (κ3) is 5.32. The van der Waals surface area contributed by atoms with E-state index in [2.05, 4.69) is 24.7 Å². The lowest BCUT2D eigenvalue weighted by Crippen LogP contribution is -2.16. The maximum Gasteiger partial charge on any atom is 0.172 e.